The maximum Gasteiger partial charge on any atom is 0.330 e. The molecule has 0 aliphatic heterocycles. The number of carbonyl (C=O) groups excluding carboxylic acids is 1. The smallest absolute Gasteiger partial charge is 0.330 e. The zero-order valence-corrected chi connectivity index (χ0v) is 14.3. The molecule has 0 spiro atoms. The molecule has 1 aromatic rings. The number of aryl methyl sites for hydroxylation is 1. The summed E-state index contributed by atoms with van der Waals surface area (Å²) in [6.07, 6.45) is 16.8. The van der Waals surface area contributed by atoms with Crippen molar-refractivity contribution in [3.63, 3.8) is 0 Å². The third-order valence-electron chi connectivity index (χ3n) is 3.96. The zero-order chi connectivity index (χ0) is 16.6. The van der Waals surface area contributed by atoms with Gasteiger partial charge in [0.05, 0.1) is 6.61 Å². The van der Waals surface area contributed by atoms with Crippen molar-refractivity contribution in [1.29, 1.82) is 0 Å². The summed E-state index contributed by atoms with van der Waals surface area (Å²) in [6, 6.07) is 6.14. The maximum absolute atomic E-state index is 10.8. The van der Waals surface area contributed by atoms with Crippen LogP contribution >= 0.6 is 0 Å². The minimum atomic E-state index is -0.312. The standard InChI is InChI=1S/C20H31NO2/c1-2-20(22)23-18-14-10-8-6-4-3-5-7-9-11-15-19-16-12-13-17-21-19/h2,12-13,16-17H,1,3-11,14-15,18H2. The van der Waals surface area contributed by atoms with Crippen LogP contribution < -0.4 is 0 Å². The molecule has 0 N–H and O–H groups in total. The Morgan fingerprint density at radius 3 is 2.13 bits per heavy atom. The lowest BCUT2D eigenvalue weighted by molar-refractivity contribution is -0.137. The van der Waals surface area contributed by atoms with E-state index >= 15 is 0 Å². The molecule has 0 aliphatic carbocycles. The van der Waals surface area contributed by atoms with Crippen LogP contribution in [0.15, 0.2) is 37.1 Å². The number of carbonyl (C=O) groups is 1. The van der Waals surface area contributed by atoms with E-state index < -0.39 is 0 Å². The number of hydrogen-bond donors (Lipinski definition) is 0. The van der Waals surface area contributed by atoms with Gasteiger partial charge in [0, 0.05) is 18.0 Å². The topological polar surface area (TPSA) is 39.2 Å². The Kier molecular flexibility index (Phi) is 11.8. The van der Waals surface area contributed by atoms with Crippen LogP contribution in [0.3, 0.4) is 0 Å². The molecule has 3 nitrogen and oxygen atoms in total. The number of rotatable bonds is 14. The number of nitrogens with zero attached hydrogens (tertiary/aromatic N) is 1. The van der Waals surface area contributed by atoms with E-state index in [0.717, 1.165) is 19.3 Å². The molecule has 0 amide bonds. The molecule has 23 heavy (non-hydrogen) atoms. The minimum Gasteiger partial charge on any atom is -0.463 e. The van der Waals surface area contributed by atoms with E-state index in [-0.39, 0.29) is 5.97 Å². The van der Waals surface area contributed by atoms with E-state index in [1.165, 1.54) is 63.1 Å². The fourth-order valence-corrected chi connectivity index (χ4v) is 2.60. The third kappa shape index (κ3) is 11.6. The van der Waals surface area contributed by atoms with Crippen LogP contribution in [-0.4, -0.2) is 17.6 Å². The quantitative estimate of drug-likeness (QED) is 0.267. The van der Waals surface area contributed by atoms with Gasteiger partial charge in [-0.2, -0.15) is 0 Å². The lowest BCUT2D eigenvalue weighted by Gasteiger charge is -2.04. The Morgan fingerprint density at radius 2 is 1.57 bits per heavy atom. The van der Waals surface area contributed by atoms with Crippen LogP contribution in [-0.2, 0) is 16.0 Å². The second-order valence-corrected chi connectivity index (χ2v) is 5.98. The maximum atomic E-state index is 10.8. The summed E-state index contributed by atoms with van der Waals surface area (Å²) in [5.41, 5.74) is 1.21. The van der Waals surface area contributed by atoms with Crippen molar-refractivity contribution in [2.75, 3.05) is 6.61 Å². The van der Waals surface area contributed by atoms with Gasteiger partial charge in [0.1, 0.15) is 0 Å². The van der Waals surface area contributed by atoms with E-state index in [1.807, 2.05) is 12.3 Å². The molecule has 0 bridgehead atoms. The lowest BCUT2D eigenvalue weighted by Crippen LogP contribution is -2.01. The summed E-state index contributed by atoms with van der Waals surface area (Å²) in [4.78, 5) is 15.2. The SMILES string of the molecule is C=CC(=O)OCCCCCCCCCCCCc1ccccn1. The predicted molar refractivity (Wildman–Crippen MR) is 95.3 cm³/mol. The summed E-state index contributed by atoms with van der Waals surface area (Å²) in [6.45, 7) is 3.90. The van der Waals surface area contributed by atoms with Gasteiger partial charge in [-0.3, -0.25) is 4.98 Å². The number of pyridine rings is 1. The van der Waals surface area contributed by atoms with E-state index in [2.05, 4.69) is 23.7 Å². The second-order valence-electron chi connectivity index (χ2n) is 5.98. The lowest BCUT2D eigenvalue weighted by atomic mass is 10.1. The van der Waals surface area contributed by atoms with Gasteiger partial charge < -0.3 is 4.74 Å². The van der Waals surface area contributed by atoms with Crippen molar-refractivity contribution >= 4 is 5.97 Å². The number of aromatic nitrogens is 1. The van der Waals surface area contributed by atoms with Crippen molar-refractivity contribution in [2.24, 2.45) is 0 Å². The van der Waals surface area contributed by atoms with Crippen LogP contribution in [0.5, 0.6) is 0 Å². The first-order valence-electron chi connectivity index (χ1n) is 9.02. The number of esters is 1. The van der Waals surface area contributed by atoms with Crippen LogP contribution in [0.25, 0.3) is 0 Å². The first kappa shape index (κ1) is 19.4. The fraction of sp³-hybridized carbons (Fsp3) is 0.600. The van der Waals surface area contributed by atoms with Gasteiger partial charge in [-0.05, 0) is 31.4 Å². The molecule has 1 rings (SSSR count). The minimum absolute atomic E-state index is 0.312. The average molecular weight is 317 g/mol. The van der Waals surface area contributed by atoms with Gasteiger partial charge in [-0.15, -0.1) is 0 Å². The molecule has 1 heterocycles. The molecule has 0 saturated heterocycles. The van der Waals surface area contributed by atoms with E-state index in [4.69, 9.17) is 4.74 Å². The molecule has 0 radical (unpaired) electrons. The highest BCUT2D eigenvalue weighted by Crippen LogP contribution is 2.11. The molecule has 0 aliphatic rings. The highest BCUT2D eigenvalue weighted by Gasteiger charge is 1.97. The van der Waals surface area contributed by atoms with Crippen molar-refractivity contribution in [1.82, 2.24) is 4.98 Å². The Bertz CT molecular complexity index is 417. The molecular formula is C20H31NO2. The molecule has 0 unspecified atom stereocenters. The summed E-state index contributed by atoms with van der Waals surface area (Å²) in [7, 11) is 0. The molecule has 1 aromatic heterocycles. The number of hydrogen-bond acceptors (Lipinski definition) is 3. The van der Waals surface area contributed by atoms with Gasteiger partial charge >= 0.3 is 5.97 Å². The van der Waals surface area contributed by atoms with E-state index in [9.17, 15) is 4.79 Å². The fourth-order valence-electron chi connectivity index (χ4n) is 2.60. The van der Waals surface area contributed by atoms with Gasteiger partial charge in [0.15, 0.2) is 0 Å². The van der Waals surface area contributed by atoms with Crippen LogP contribution in [0.2, 0.25) is 0 Å². The summed E-state index contributed by atoms with van der Waals surface area (Å²) < 4.78 is 4.94. The van der Waals surface area contributed by atoms with Crippen molar-refractivity contribution < 1.29 is 9.53 Å². The Morgan fingerprint density at radius 1 is 0.957 bits per heavy atom. The summed E-state index contributed by atoms with van der Waals surface area (Å²) in [5, 5.41) is 0. The van der Waals surface area contributed by atoms with Gasteiger partial charge in [-0.25, -0.2) is 4.79 Å². The van der Waals surface area contributed by atoms with E-state index in [1.54, 1.807) is 0 Å². The molecule has 128 valence electrons. The Balaban J connectivity index is 1.76. The van der Waals surface area contributed by atoms with Gasteiger partial charge in [0.25, 0.3) is 0 Å². The largest absolute Gasteiger partial charge is 0.463 e. The average Bonchev–Trinajstić information content (AvgIpc) is 2.59. The highest BCUT2D eigenvalue weighted by atomic mass is 16.5. The van der Waals surface area contributed by atoms with E-state index in [0.29, 0.717) is 6.61 Å². The Hall–Kier alpha value is -1.64. The second kappa shape index (κ2) is 14.0. The first-order chi connectivity index (χ1) is 11.3. The third-order valence-corrected chi connectivity index (χ3v) is 3.96. The van der Waals surface area contributed by atoms with Crippen LogP contribution in [0.1, 0.15) is 69.9 Å². The molecule has 0 aromatic carbocycles. The van der Waals surface area contributed by atoms with Gasteiger partial charge in [0.2, 0.25) is 0 Å². The van der Waals surface area contributed by atoms with Crippen molar-refractivity contribution in [3.8, 4) is 0 Å². The summed E-state index contributed by atoms with van der Waals surface area (Å²) >= 11 is 0. The van der Waals surface area contributed by atoms with Gasteiger partial charge in [-0.1, -0.05) is 64.0 Å². The first-order valence-corrected chi connectivity index (χ1v) is 9.02. The van der Waals surface area contributed by atoms with Crippen LogP contribution in [0, 0.1) is 0 Å². The Labute approximate surface area is 141 Å². The monoisotopic (exact) mass is 317 g/mol. The predicted octanol–water partition coefficient (Wildman–Crippen LogP) is 5.25. The molecule has 0 saturated carbocycles. The molecule has 0 atom stereocenters. The van der Waals surface area contributed by atoms with Crippen molar-refractivity contribution in [3.05, 3.63) is 42.7 Å². The normalized spacial score (nSPS) is 10.4. The number of ether oxygens (including phenoxy) is 1. The van der Waals surface area contributed by atoms with Crippen molar-refractivity contribution in [2.45, 2.75) is 70.6 Å². The molecule has 3 heteroatoms. The molecular weight excluding hydrogens is 286 g/mol. The molecule has 0 fully saturated rings. The highest BCUT2D eigenvalue weighted by molar-refractivity contribution is 5.81. The summed E-state index contributed by atoms with van der Waals surface area (Å²) in [5.74, 6) is -0.312. The zero-order valence-electron chi connectivity index (χ0n) is 14.3. The van der Waals surface area contributed by atoms with Crippen LogP contribution in [0.4, 0.5) is 0 Å². The number of unbranched alkanes of at least 4 members (excludes halogenated alkanes) is 9.